The van der Waals surface area contributed by atoms with Crippen molar-refractivity contribution in [1.82, 2.24) is 19.9 Å². The van der Waals surface area contributed by atoms with Gasteiger partial charge >= 0.3 is 6.03 Å². The van der Waals surface area contributed by atoms with Crippen molar-refractivity contribution in [2.45, 2.75) is 26.8 Å². The molecule has 0 aliphatic rings. The molecule has 0 fully saturated rings. The fourth-order valence-electron chi connectivity index (χ4n) is 2.88. The summed E-state index contributed by atoms with van der Waals surface area (Å²) in [5.74, 6) is 1.40. The fraction of sp³-hybridized carbons (Fsp3) is 0.333. The Morgan fingerprint density at radius 2 is 2.07 bits per heavy atom. The topological polar surface area (TPSA) is 111 Å². The Morgan fingerprint density at radius 3 is 2.73 bits per heavy atom. The van der Waals surface area contributed by atoms with Crippen molar-refractivity contribution in [1.29, 1.82) is 0 Å². The summed E-state index contributed by atoms with van der Waals surface area (Å²) < 4.78 is 12.3. The number of carbonyl (C=O) groups is 1. The van der Waals surface area contributed by atoms with E-state index >= 15 is 0 Å². The number of aromatic nitrogens is 3. The van der Waals surface area contributed by atoms with Crippen LogP contribution in [0.25, 0.3) is 22.6 Å². The van der Waals surface area contributed by atoms with Gasteiger partial charge < -0.3 is 19.0 Å². The number of hydrogen-bond acceptors (Lipinski definition) is 6. The van der Waals surface area contributed by atoms with Crippen LogP contribution < -0.4 is 16.2 Å². The van der Waals surface area contributed by atoms with Crippen LogP contribution in [0.1, 0.15) is 25.6 Å². The molecule has 3 aromatic rings. The quantitative estimate of drug-likeness (QED) is 0.578. The molecule has 9 nitrogen and oxygen atoms in total. The highest BCUT2D eigenvalue weighted by atomic mass is 16.5. The van der Waals surface area contributed by atoms with Gasteiger partial charge in [0.15, 0.2) is 5.76 Å². The van der Waals surface area contributed by atoms with Crippen LogP contribution in [0.5, 0.6) is 0 Å². The molecule has 0 atom stereocenters. The molecule has 0 bridgehead atoms. The Balaban J connectivity index is 2.00. The number of amides is 2. The second-order valence-corrected chi connectivity index (χ2v) is 7.00. The second-order valence-electron chi connectivity index (χ2n) is 7.00. The lowest BCUT2D eigenvalue weighted by atomic mass is 10.1. The fourth-order valence-corrected chi connectivity index (χ4v) is 2.88. The van der Waals surface area contributed by atoms with Crippen molar-refractivity contribution in [3.05, 3.63) is 52.8 Å². The number of hydrogen-bond donors (Lipinski definition) is 2. The summed E-state index contributed by atoms with van der Waals surface area (Å²) in [5.41, 5.74) is 1.88. The molecule has 0 aromatic carbocycles. The smallest absolute Gasteiger partial charge is 0.321 e. The first-order valence-corrected chi connectivity index (χ1v) is 9.59. The first kappa shape index (κ1) is 21.3. The van der Waals surface area contributed by atoms with Crippen LogP contribution in [-0.2, 0) is 4.74 Å². The molecule has 0 saturated carbocycles. The number of methoxy groups -OCH3 is 1. The maximum absolute atomic E-state index is 12.1. The molecule has 2 N–H and O–H groups in total. The lowest BCUT2D eigenvalue weighted by molar-refractivity contribution is 0.198. The standard InChI is InChI=1S/C21H25N5O4/c1-13(2)26-12-15(6-8-18(26)27)16-11-23-20(25-21(28)22-9-10-29-4)24-19(16)17-7-5-14(3)30-17/h5-8,11-13H,9-10H2,1-4H3,(H2,22,23,24,25,28). The van der Waals surface area contributed by atoms with Gasteiger partial charge in [-0.1, -0.05) is 0 Å². The number of pyridine rings is 1. The molecule has 158 valence electrons. The average molecular weight is 411 g/mol. The van der Waals surface area contributed by atoms with Gasteiger partial charge in [-0.15, -0.1) is 0 Å². The van der Waals surface area contributed by atoms with Gasteiger partial charge in [0.25, 0.3) is 5.56 Å². The molecule has 0 spiro atoms. The Morgan fingerprint density at radius 1 is 1.27 bits per heavy atom. The predicted octanol–water partition coefficient (Wildman–Crippen LogP) is 3.22. The summed E-state index contributed by atoms with van der Waals surface area (Å²) in [4.78, 5) is 32.9. The lowest BCUT2D eigenvalue weighted by Crippen LogP contribution is -2.32. The van der Waals surface area contributed by atoms with E-state index in [4.69, 9.17) is 9.15 Å². The molecule has 0 saturated heterocycles. The number of carbonyl (C=O) groups excluding carboxylic acids is 1. The maximum atomic E-state index is 12.1. The monoisotopic (exact) mass is 411 g/mol. The van der Waals surface area contributed by atoms with Crippen LogP contribution >= 0.6 is 0 Å². The Kier molecular flexibility index (Phi) is 6.63. The normalized spacial score (nSPS) is 11.0. The first-order chi connectivity index (χ1) is 14.4. The van der Waals surface area contributed by atoms with Gasteiger partial charge in [-0.3, -0.25) is 10.1 Å². The minimum atomic E-state index is -0.435. The van der Waals surface area contributed by atoms with Crippen LogP contribution in [0.3, 0.4) is 0 Å². The molecule has 3 heterocycles. The largest absolute Gasteiger partial charge is 0.460 e. The van der Waals surface area contributed by atoms with E-state index in [0.717, 1.165) is 11.3 Å². The van der Waals surface area contributed by atoms with Crippen LogP contribution in [0.2, 0.25) is 0 Å². The summed E-state index contributed by atoms with van der Waals surface area (Å²) in [6.45, 7) is 6.48. The zero-order valence-corrected chi connectivity index (χ0v) is 17.4. The van der Waals surface area contributed by atoms with E-state index in [1.807, 2.05) is 32.9 Å². The van der Waals surface area contributed by atoms with Crippen LogP contribution in [0.4, 0.5) is 10.7 Å². The highest BCUT2D eigenvalue weighted by Crippen LogP contribution is 2.31. The Hall–Kier alpha value is -3.46. The molecular formula is C21H25N5O4. The average Bonchev–Trinajstić information content (AvgIpc) is 3.14. The predicted molar refractivity (Wildman–Crippen MR) is 113 cm³/mol. The van der Waals surface area contributed by atoms with Gasteiger partial charge in [-0.2, -0.15) is 0 Å². The molecule has 0 aliphatic heterocycles. The molecule has 3 aromatic heterocycles. The summed E-state index contributed by atoms with van der Waals surface area (Å²) in [7, 11) is 1.56. The number of ether oxygens (including phenoxy) is 1. The van der Waals surface area contributed by atoms with Crippen LogP contribution in [0, 0.1) is 6.92 Å². The number of furan rings is 1. The molecule has 0 radical (unpaired) electrons. The van der Waals surface area contributed by atoms with Crippen molar-refractivity contribution < 1.29 is 13.9 Å². The van der Waals surface area contributed by atoms with E-state index in [0.29, 0.717) is 30.2 Å². The Bertz CT molecular complexity index is 1090. The van der Waals surface area contributed by atoms with Crippen molar-refractivity contribution in [2.24, 2.45) is 0 Å². The third kappa shape index (κ3) is 4.93. The number of nitrogens with zero attached hydrogens (tertiary/aromatic N) is 3. The molecule has 0 unspecified atom stereocenters. The summed E-state index contributed by atoms with van der Waals surface area (Å²) in [6.07, 6.45) is 3.38. The zero-order chi connectivity index (χ0) is 21.7. The zero-order valence-electron chi connectivity index (χ0n) is 17.4. The van der Waals surface area contributed by atoms with Crippen LogP contribution in [-0.4, -0.2) is 40.8 Å². The van der Waals surface area contributed by atoms with E-state index in [9.17, 15) is 9.59 Å². The lowest BCUT2D eigenvalue weighted by Gasteiger charge is -2.14. The van der Waals surface area contributed by atoms with E-state index < -0.39 is 6.03 Å². The second kappa shape index (κ2) is 9.36. The molecule has 9 heteroatoms. The van der Waals surface area contributed by atoms with Crippen molar-refractivity contribution in [3.63, 3.8) is 0 Å². The minimum absolute atomic E-state index is 0.00408. The third-order valence-corrected chi connectivity index (χ3v) is 4.39. The summed E-state index contributed by atoms with van der Waals surface area (Å²) in [5, 5.41) is 5.26. The number of rotatable bonds is 7. The van der Waals surface area contributed by atoms with Crippen LogP contribution in [0.15, 0.2) is 45.9 Å². The number of aryl methyl sites for hydroxylation is 1. The van der Waals surface area contributed by atoms with Gasteiger partial charge in [-0.05, 0) is 39.0 Å². The highest BCUT2D eigenvalue weighted by molar-refractivity contribution is 5.88. The molecule has 2 amide bonds. The minimum Gasteiger partial charge on any atom is -0.460 e. The van der Waals surface area contributed by atoms with E-state index in [1.54, 1.807) is 30.1 Å². The number of anilines is 1. The SMILES string of the molecule is COCCNC(=O)Nc1ncc(-c2ccc(=O)n(C(C)C)c2)c(-c2ccc(C)o2)n1. The third-order valence-electron chi connectivity index (χ3n) is 4.39. The van der Waals surface area contributed by atoms with Crippen molar-refractivity contribution >= 4 is 12.0 Å². The summed E-state index contributed by atoms with van der Waals surface area (Å²) >= 11 is 0. The first-order valence-electron chi connectivity index (χ1n) is 9.59. The molecule has 30 heavy (non-hydrogen) atoms. The van der Waals surface area contributed by atoms with E-state index in [2.05, 4.69) is 20.6 Å². The summed E-state index contributed by atoms with van der Waals surface area (Å²) in [6, 6.07) is 6.45. The van der Waals surface area contributed by atoms with Gasteiger partial charge in [0, 0.05) is 49.3 Å². The van der Waals surface area contributed by atoms with Gasteiger partial charge in [0.2, 0.25) is 5.95 Å². The number of nitrogens with one attached hydrogen (secondary N) is 2. The van der Waals surface area contributed by atoms with Gasteiger partial charge in [-0.25, -0.2) is 14.8 Å². The number of urea groups is 1. The van der Waals surface area contributed by atoms with Gasteiger partial charge in [0.1, 0.15) is 11.5 Å². The van der Waals surface area contributed by atoms with Gasteiger partial charge in [0.05, 0.1) is 6.61 Å². The van der Waals surface area contributed by atoms with Crippen molar-refractivity contribution in [3.8, 4) is 22.6 Å². The van der Waals surface area contributed by atoms with E-state index in [-0.39, 0.29) is 17.5 Å². The molecular weight excluding hydrogens is 386 g/mol. The van der Waals surface area contributed by atoms with E-state index in [1.165, 1.54) is 6.07 Å². The van der Waals surface area contributed by atoms with Crippen molar-refractivity contribution in [2.75, 3.05) is 25.6 Å². The molecule has 0 aliphatic carbocycles. The Labute approximate surface area is 174 Å². The highest BCUT2D eigenvalue weighted by Gasteiger charge is 2.17. The maximum Gasteiger partial charge on any atom is 0.321 e. The molecule has 3 rings (SSSR count).